The second kappa shape index (κ2) is 6.91. The van der Waals surface area contributed by atoms with E-state index in [0.29, 0.717) is 5.41 Å². The van der Waals surface area contributed by atoms with E-state index < -0.39 is 0 Å². The molecule has 0 atom stereocenters. The Balaban J connectivity index is 2.46. The predicted molar refractivity (Wildman–Crippen MR) is 79.9 cm³/mol. The van der Waals surface area contributed by atoms with Crippen LogP contribution >= 0.6 is 0 Å². The Morgan fingerprint density at radius 1 is 1.11 bits per heavy atom. The zero-order valence-corrected chi connectivity index (χ0v) is 12.6. The molecule has 0 heterocycles. The summed E-state index contributed by atoms with van der Waals surface area (Å²) < 4.78 is 0. The lowest BCUT2D eigenvalue weighted by Crippen LogP contribution is -2.37. The number of hydrogen-bond acceptors (Lipinski definition) is 2. The summed E-state index contributed by atoms with van der Waals surface area (Å²) in [5.74, 6) is 0. The normalized spacial score (nSPS) is 12.1. The van der Waals surface area contributed by atoms with Crippen LogP contribution in [0.15, 0.2) is 24.3 Å². The van der Waals surface area contributed by atoms with Crippen molar-refractivity contribution < 1.29 is 0 Å². The maximum Gasteiger partial charge on any atom is 0.0208 e. The molecule has 0 saturated carbocycles. The first-order valence-electron chi connectivity index (χ1n) is 6.87. The van der Waals surface area contributed by atoms with Gasteiger partial charge in [-0.1, -0.05) is 45.0 Å². The molecule has 0 bridgehead atoms. The molecule has 102 valence electrons. The van der Waals surface area contributed by atoms with E-state index in [4.69, 9.17) is 0 Å². The van der Waals surface area contributed by atoms with Gasteiger partial charge in [-0.2, -0.15) is 0 Å². The van der Waals surface area contributed by atoms with Gasteiger partial charge < -0.3 is 10.2 Å². The van der Waals surface area contributed by atoms with E-state index in [0.717, 1.165) is 26.1 Å². The molecule has 1 rings (SSSR count). The summed E-state index contributed by atoms with van der Waals surface area (Å²) in [6.45, 7) is 9.96. The predicted octanol–water partition coefficient (Wildman–Crippen LogP) is 2.93. The molecular formula is C16H28N2. The van der Waals surface area contributed by atoms with E-state index in [1.807, 2.05) is 0 Å². The van der Waals surface area contributed by atoms with Crippen molar-refractivity contribution in [3.05, 3.63) is 35.4 Å². The Hall–Kier alpha value is -0.860. The molecule has 2 heteroatoms. The number of benzene rings is 1. The molecule has 2 nitrogen and oxygen atoms in total. The second-order valence-electron chi connectivity index (χ2n) is 6.13. The number of rotatable bonds is 7. The molecule has 0 aromatic heterocycles. The van der Waals surface area contributed by atoms with Gasteiger partial charge in [0, 0.05) is 19.6 Å². The van der Waals surface area contributed by atoms with Crippen LogP contribution in [0.2, 0.25) is 0 Å². The molecule has 0 saturated heterocycles. The van der Waals surface area contributed by atoms with Gasteiger partial charge in [-0.3, -0.25) is 0 Å². The van der Waals surface area contributed by atoms with Gasteiger partial charge in [-0.15, -0.1) is 0 Å². The molecular weight excluding hydrogens is 220 g/mol. The highest BCUT2D eigenvalue weighted by Gasteiger charge is 2.18. The second-order valence-corrected chi connectivity index (χ2v) is 6.13. The van der Waals surface area contributed by atoms with Crippen molar-refractivity contribution in [3.8, 4) is 0 Å². The van der Waals surface area contributed by atoms with Gasteiger partial charge in [0.05, 0.1) is 0 Å². The molecule has 1 N–H and O–H groups in total. The Morgan fingerprint density at radius 3 is 2.28 bits per heavy atom. The Kier molecular flexibility index (Phi) is 5.83. The summed E-state index contributed by atoms with van der Waals surface area (Å²) >= 11 is 0. The van der Waals surface area contributed by atoms with Crippen molar-refractivity contribution in [1.82, 2.24) is 10.2 Å². The Morgan fingerprint density at radius 2 is 1.72 bits per heavy atom. The third-order valence-corrected chi connectivity index (χ3v) is 3.16. The highest BCUT2D eigenvalue weighted by molar-refractivity contribution is 5.26. The first-order chi connectivity index (χ1) is 8.44. The quantitative estimate of drug-likeness (QED) is 0.798. The average molecular weight is 248 g/mol. The molecule has 0 aliphatic rings. The molecule has 1 aromatic rings. The number of hydrogen-bond donors (Lipinski definition) is 1. The summed E-state index contributed by atoms with van der Waals surface area (Å²) in [6.07, 6.45) is 1.11. The van der Waals surface area contributed by atoms with Gasteiger partial charge in [-0.05, 0) is 37.1 Å². The largest absolute Gasteiger partial charge is 0.312 e. The number of aryl methyl sites for hydroxylation is 1. The van der Waals surface area contributed by atoms with E-state index in [1.54, 1.807) is 0 Å². The van der Waals surface area contributed by atoms with Gasteiger partial charge >= 0.3 is 0 Å². The van der Waals surface area contributed by atoms with E-state index in [2.05, 4.69) is 69.3 Å². The zero-order valence-electron chi connectivity index (χ0n) is 12.6. The van der Waals surface area contributed by atoms with Crippen LogP contribution in [-0.2, 0) is 13.0 Å². The first kappa shape index (κ1) is 15.2. The zero-order chi connectivity index (χ0) is 13.6. The van der Waals surface area contributed by atoms with Crippen LogP contribution < -0.4 is 5.32 Å². The smallest absolute Gasteiger partial charge is 0.0208 e. The van der Waals surface area contributed by atoms with E-state index in [1.165, 1.54) is 11.1 Å². The van der Waals surface area contributed by atoms with Crippen LogP contribution in [0.25, 0.3) is 0 Å². The SMILES string of the molecule is CCc1ccccc1CNCC(C)(C)CN(C)C. The monoisotopic (exact) mass is 248 g/mol. The van der Waals surface area contributed by atoms with Crippen molar-refractivity contribution in [2.24, 2.45) is 5.41 Å². The molecule has 0 spiro atoms. The van der Waals surface area contributed by atoms with E-state index in [9.17, 15) is 0 Å². The third-order valence-electron chi connectivity index (χ3n) is 3.16. The Labute approximate surface area is 112 Å². The van der Waals surface area contributed by atoms with Crippen LogP contribution in [0.1, 0.15) is 31.9 Å². The lowest BCUT2D eigenvalue weighted by atomic mass is 9.92. The van der Waals surface area contributed by atoms with Crippen LogP contribution in [0, 0.1) is 5.41 Å². The van der Waals surface area contributed by atoms with Crippen molar-refractivity contribution >= 4 is 0 Å². The molecule has 0 aliphatic heterocycles. The van der Waals surface area contributed by atoms with Crippen molar-refractivity contribution in [1.29, 1.82) is 0 Å². The summed E-state index contributed by atoms with van der Waals surface area (Å²) in [7, 11) is 4.27. The highest BCUT2D eigenvalue weighted by atomic mass is 15.1. The molecule has 18 heavy (non-hydrogen) atoms. The molecule has 0 unspecified atom stereocenters. The Bertz CT molecular complexity index is 356. The fraction of sp³-hybridized carbons (Fsp3) is 0.625. The van der Waals surface area contributed by atoms with Gasteiger partial charge in [0.15, 0.2) is 0 Å². The fourth-order valence-electron chi connectivity index (χ4n) is 2.52. The van der Waals surface area contributed by atoms with E-state index >= 15 is 0 Å². The topological polar surface area (TPSA) is 15.3 Å². The van der Waals surface area contributed by atoms with Crippen molar-refractivity contribution in [3.63, 3.8) is 0 Å². The lowest BCUT2D eigenvalue weighted by molar-refractivity contribution is 0.232. The van der Waals surface area contributed by atoms with Crippen molar-refractivity contribution in [2.45, 2.75) is 33.7 Å². The standard InChI is InChI=1S/C16H28N2/c1-6-14-9-7-8-10-15(14)11-17-12-16(2,3)13-18(4)5/h7-10,17H,6,11-13H2,1-5H3. The third kappa shape index (κ3) is 5.19. The lowest BCUT2D eigenvalue weighted by Gasteiger charge is -2.28. The summed E-state index contributed by atoms with van der Waals surface area (Å²) in [6, 6.07) is 8.70. The van der Waals surface area contributed by atoms with Crippen LogP contribution in [-0.4, -0.2) is 32.1 Å². The summed E-state index contributed by atoms with van der Waals surface area (Å²) in [4.78, 5) is 2.25. The van der Waals surface area contributed by atoms with Gasteiger partial charge in [0.25, 0.3) is 0 Å². The molecule has 0 amide bonds. The molecule has 0 radical (unpaired) electrons. The van der Waals surface area contributed by atoms with Crippen molar-refractivity contribution in [2.75, 3.05) is 27.2 Å². The molecule has 0 fully saturated rings. The molecule has 0 aliphatic carbocycles. The molecule has 1 aromatic carbocycles. The van der Waals surface area contributed by atoms with Gasteiger partial charge in [0.2, 0.25) is 0 Å². The minimum absolute atomic E-state index is 0.310. The van der Waals surface area contributed by atoms with Crippen LogP contribution in [0.5, 0.6) is 0 Å². The average Bonchev–Trinajstić information content (AvgIpc) is 2.27. The minimum atomic E-state index is 0.310. The highest BCUT2D eigenvalue weighted by Crippen LogP contribution is 2.15. The summed E-state index contributed by atoms with van der Waals surface area (Å²) in [5, 5.41) is 3.60. The first-order valence-corrected chi connectivity index (χ1v) is 6.87. The van der Waals surface area contributed by atoms with Crippen LogP contribution in [0.4, 0.5) is 0 Å². The maximum atomic E-state index is 3.60. The van der Waals surface area contributed by atoms with Crippen LogP contribution in [0.3, 0.4) is 0 Å². The fourth-order valence-corrected chi connectivity index (χ4v) is 2.52. The van der Waals surface area contributed by atoms with Gasteiger partial charge in [0.1, 0.15) is 0 Å². The van der Waals surface area contributed by atoms with Gasteiger partial charge in [-0.25, -0.2) is 0 Å². The summed E-state index contributed by atoms with van der Waals surface area (Å²) in [5.41, 5.74) is 3.20. The minimum Gasteiger partial charge on any atom is -0.312 e. The van der Waals surface area contributed by atoms with E-state index in [-0.39, 0.29) is 0 Å². The number of nitrogens with one attached hydrogen (secondary N) is 1. The number of nitrogens with zero attached hydrogens (tertiary/aromatic N) is 1. The maximum absolute atomic E-state index is 3.60.